The van der Waals surface area contributed by atoms with Gasteiger partial charge in [-0.05, 0) is 35.4 Å². The second kappa shape index (κ2) is 4.65. The van der Waals surface area contributed by atoms with Crippen molar-refractivity contribution in [1.29, 1.82) is 0 Å². The van der Waals surface area contributed by atoms with Crippen LogP contribution in [0.2, 0.25) is 0 Å². The van der Waals surface area contributed by atoms with Gasteiger partial charge in [-0.3, -0.25) is 10.1 Å². The van der Waals surface area contributed by atoms with E-state index in [9.17, 15) is 10.1 Å². The average Bonchev–Trinajstić information content (AvgIpc) is 2.39. The Labute approximate surface area is 99.1 Å². The van der Waals surface area contributed by atoms with Gasteiger partial charge in [-0.25, -0.2) is 0 Å². The molecular weight excluding hydrogens is 216 g/mol. The molecule has 4 nitrogen and oxygen atoms in total. The molecule has 0 saturated carbocycles. The monoisotopic (exact) mass is 228 g/mol. The first kappa shape index (κ1) is 11.1. The van der Waals surface area contributed by atoms with Gasteiger partial charge >= 0.3 is 0 Å². The summed E-state index contributed by atoms with van der Waals surface area (Å²) in [6, 6.07) is 14.4. The van der Waals surface area contributed by atoms with Crippen molar-refractivity contribution >= 4 is 11.4 Å². The van der Waals surface area contributed by atoms with Crippen LogP contribution < -0.4 is 5.32 Å². The fourth-order valence-electron chi connectivity index (χ4n) is 1.63. The summed E-state index contributed by atoms with van der Waals surface area (Å²) in [5, 5.41) is 13.6. The van der Waals surface area contributed by atoms with Gasteiger partial charge in [-0.1, -0.05) is 12.1 Å². The molecule has 0 unspecified atom stereocenters. The number of benzene rings is 2. The lowest BCUT2D eigenvalue weighted by Gasteiger charge is -2.04. The summed E-state index contributed by atoms with van der Waals surface area (Å²) < 4.78 is 0. The summed E-state index contributed by atoms with van der Waals surface area (Å²) in [7, 11) is 1.86. The predicted molar refractivity (Wildman–Crippen MR) is 68.1 cm³/mol. The molecule has 0 bridgehead atoms. The molecule has 4 heteroatoms. The molecule has 0 aliphatic heterocycles. The lowest BCUT2D eigenvalue weighted by atomic mass is 10.0. The van der Waals surface area contributed by atoms with Gasteiger partial charge in [-0.2, -0.15) is 0 Å². The van der Waals surface area contributed by atoms with E-state index < -0.39 is 4.92 Å². The van der Waals surface area contributed by atoms with Gasteiger partial charge in [-0.15, -0.1) is 0 Å². The zero-order chi connectivity index (χ0) is 12.3. The molecule has 17 heavy (non-hydrogen) atoms. The summed E-state index contributed by atoms with van der Waals surface area (Å²) in [5.74, 6) is 0. The Morgan fingerprint density at radius 1 is 1.06 bits per heavy atom. The van der Waals surface area contributed by atoms with Crippen molar-refractivity contribution in [1.82, 2.24) is 0 Å². The highest BCUT2D eigenvalue weighted by Gasteiger charge is 2.05. The van der Waals surface area contributed by atoms with Gasteiger partial charge < -0.3 is 5.32 Å². The molecule has 86 valence electrons. The van der Waals surface area contributed by atoms with E-state index in [-0.39, 0.29) is 5.69 Å². The van der Waals surface area contributed by atoms with Gasteiger partial charge in [0.1, 0.15) is 0 Å². The van der Waals surface area contributed by atoms with Crippen LogP contribution in [0.15, 0.2) is 48.5 Å². The van der Waals surface area contributed by atoms with Crippen molar-refractivity contribution in [3.05, 3.63) is 58.6 Å². The van der Waals surface area contributed by atoms with Gasteiger partial charge in [0.15, 0.2) is 0 Å². The Morgan fingerprint density at radius 3 is 2.35 bits per heavy atom. The third-order valence-corrected chi connectivity index (χ3v) is 2.56. The van der Waals surface area contributed by atoms with Gasteiger partial charge in [0, 0.05) is 24.9 Å². The summed E-state index contributed by atoms with van der Waals surface area (Å²) in [5.41, 5.74) is 3.12. The minimum Gasteiger partial charge on any atom is -0.388 e. The van der Waals surface area contributed by atoms with Crippen LogP contribution in [0.3, 0.4) is 0 Å². The van der Waals surface area contributed by atoms with E-state index in [2.05, 4.69) is 5.32 Å². The van der Waals surface area contributed by atoms with E-state index >= 15 is 0 Å². The summed E-state index contributed by atoms with van der Waals surface area (Å²) in [6.07, 6.45) is 0. The number of non-ortho nitro benzene ring substituents is 1. The average molecular weight is 228 g/mol. The Kier molecular flexibility index (Phi) is 3.05. The van der Waals surface area contributed by atoms with Crippen molar-refractivity contribution in [2.45, 2.75) is 0 Å². The summed E-state index contributed by atoms with van der Waals surface area (Å²) >= 11 is 0. The third-order valence-electron chi connectivity index (χ3n) is 2.56. The molecule has 0 aromatic heterocycles. The normalized spacial score (nSPS) is 9.94. The maximum atomic E-state index is 10.5. The van der Waals surface area contributed by atoms with Crippen LogP contribution >= 0.6 is 0 Å². The highest BCUT2D eigenvalue weighted by atomic mass is 16.6. The molecule has 2 rings (SSSR count). The van der Waals surface area contributed by atoms with E-state index in [4.69, 9.17) is 0 Å². The SMILES string of the molecule is CNc1cccc(-c2ccc([N+](=O)[O-])cc2)c1. The van der Waals surface area contributed by atoms with Crippen LogP contribution in [0, 0.1) is 10.1 Å². The van der Waals surface area contributed by atoms with E-state index in [1.54, 1.807) is 12.1 Å². The van der Waals surface area contributed by atoms with E-state index in [1.807, 2.05) is 31.3 Å². The standard InChI is InChI=1S/C13H12N2O2/c1-14-12-4-2-3-11(9-12)10-5-7-13(8-6-10)15(16)17/h2-9,14H,1H3. The molecule has 2 aromatic carbocycles. The second-order valence-electron chi connectivity index (χ2n) is 3.63. The molecule has 1 N–H and O–H groups in total. The van der Waals surface area contributed by atoms with E-state index in [1.165, 1.54) is 12.1 Å². The number of anilines is 1. The Morgan fingerprint density at radius 2 is 1.76 bits per heavy atom. The molecule has 0 fully saturated rings. The zero-order valence-corrected chi connectivity index (χ0v) is 9.38. The Balaban J connectivity index is 2.36. The molecule has 0 radical (unpaired) electrons. The van der Waals surface area contributed by atoms with Crippen molar-refractivity contribution < 1.29 is 4.92 Å². The summed E-state index contributed by atoms with van der Waals surface area (Å²) in [6.45, 7) is 0. The van der Waals surface area contributed by atoms with Gasteiger partial charge in [0.05, 0.1) is 4.92 Å². The molecule has 0 spiro atoms. The third kappa shape index (κ3) is 2.42. The Bertz CT molecular complexity index is 535. The number of nitro groups is 1. The predicted octanol–water partition coefficient (Wildman–Crippen LogP) is 3.30. The number of rotatable bonds is 3. The molecule has 0 atom stereocenters. The minimum atomic E-state index is -0.395. The van der Waals surface area contributed by atoms with Gasteiger partial charge in [0.2, 0.25) is 0 Å². The lowest BCUT2D eigenvalue weighted by Crippen LogP contribution is -1.89. The van der Waals surface area contributed by atoms with E-state index in [0.29, 0.717) is 0 Å². The maximum Gasteiger partial charge on any atom is 0.269 e. The van der Waals surface area contributed by atoms with Crippen LogP contribution in [0.4, 0.5) is 11.4 Å². The molecule has 0 aliphatic carbocycles. The molecule has 0 saturated heterocycles. The van der Waals surface area contributed by atoms with Crippen LogP contribution in [0.25, 0.3) is 11.1 Å². The van der Waals surface area contributed by atoms with Crippen LogP contribution in [0.1, 0.15) is 0 Å². The number of hydrogen-bond donors (Lipinski definition) is 1. The fourth-order valence-corrected chi connectivity index (χ4v) is 1.63. The summed E-state index contributed by atoms with van der Waals surface area (Å²) in [4.78, 5) is 10.1. The van der Waals surface area contributed by atoms with E-state index in [0.717, 1.165) is 16.8 Å². The second-order valence-corrected chi connectivity index (χ2v) is 3.63. The molecule has 0 amide bonds. The highest BCUT2D eigenvalue weighted by Crippen LogP contribution is 2.24. The number of nitrogens with zero attached hydrogens (tertiary/aromatic N) is 1. The highest BCUT2D eigenvalue weighted by molar-refractivity contribution is 5.68. The van der Waals surface area contributed by atoms with Crippen molar-refractivity contribution in [2.75, 3.05) is 12.4 Å². The first-order valence-corrected chi connectivity index (χ1v) is 5.23. The smallest absolute Gasteiger partial charge is 0.269 e. The van der Waals surface area contributed by atoms with Crippen molar-refractivity contribution in [3.8, 4) is 11.1 Å². The largest absolute Gasteiger partial charge is 0.388 e. The maximum absolute atomic E-state index is 10.5. The zero-order valence-electron chi connectivity index (χ0n) is 9.38. The van der Waals surface area contributed by atoms with Crippen LogP contribution in [-0.2, 0) is 0 Å². The number of nitrogens with one attached hydrogen (secondary N) is 1. The molecule has 0 aliphatic rings. The van der Waals surface area contributed by atoms with Gasteiger partial charge in [0.25, 0.3) is 5.69 Å². The van der Waals surface area contributed by atoms with Crippen molar-refractivity contribution in [2.24, 2.45) is 0 Å². The van der Waals surface area contributed by atoms with Crippen LogP contribution in [0.5, 0.6) is 0 Å². The van der Waals surface area contributed by atoms with Crippen LogP contribution in [-0.4, -0.2) is 12.0 Å². The lowest BCUT2D eigenvalue weighted by molar-refractivity contribution is -0.384. The topological polar surface area (TPSA) is 55.2 Å². The number of nitro benzene ring substituents is 1. The first-order chi connectivity index (χ1) is 8.20. The number of hydrogen-bond acceptors (Lipinski definition) is 3. The first-order valence-electron chi connectivity index (χ1n) is 5.23. The fraction of sp³-hybridized carbons (Fsp3) is 0.0769. The van der Waals surface area contributed by atoms with Crippen molar-refractivity contribution in [3.63, 3.8) is 0 Å². The quantitative estimate of drug-likeness (QED) is 0.647. The molecule has 0 heterocycles. The molecule has 2 aromatic rings. The minimum absolute atomic E-state index is 0.110. The Hall–Kier alpha value is -2.36. The molecular formula is C13H12N2O2.